The maximum atomic E-state index is 13.2. The molecule has 268 valence electrons. The second-order valence-electron chi connectivity index (χ2n) is 14.5. The van der Waals surface area contributed by atoms with Gasteiger partial charge in [-0.1, -0.05) is 194 Å². The van der Waals surface area contributed by atoms with Gasteiger partial charge in [-0.25, -0.2) is 0 Å². The first-order valence-corrected chi connectivity index (χ1v) is 20.1. The zero-order valence-electron chi connectivity index (χ0n) is 30.8. The third kappa shape index (κ3) is 23.4. The number of amides is 1. The molecule has 1 aliphatic rings. The van der Waals surface area contributed by atoms with Gasteiger partial charge < -0.3 is 5.73 Å². The summed E-state index contributed by atoms with van der Waals surface area (Å²) in [5.41, 5.74) is 6.03. The molecule has 0 saturated heterocycles. The first kappa shape index (κ1) is 44.4. The standard InChI is InChI=1S/C40H79N3O.ClH/c1-4-6-8-10-12-14-16-18-19-20-22-24-26-28-30-32-38(44)43-37-36-42-39(43)40(3,34-35-41)33-31-29-27-25-23-21-17-15-13-11-9-7-5-2;/h4-37,41H2,1-3H3;1H. The Balaban J connectivity index is 0.0000194. The number of aliphatic imine (C=N–C) groups is 1. The highest BCUT2D eigenvalue weighted by Crippen LogP contribution is 2.34. The zero-order chi connectivity index (χ0) is 32.0. The minimum atomic E-state index is -0.0618. The van der Waals surface area contributed by atoms with E-state index in [1.165, 1.54) is 173 Å². The van der Waals surface area contributed by atoms with Gasteiger partial charge in [-0.15, -0.1) is 12.4 Å². The van der Waals surface area contributed by atoms with Gasteiger partial charge >= 0.3 is 0 Å². The van der Waals surface area contributed by atoms with Crippen molar-refractivity contribution in [1.29, 1.82) is 0 Å². The Morgan fingerprint density at radius 1 is 0.600 bits per heavy atom. The average molecular weight is 655 g/mol. The lowest BCUT2D eigenvalue weighted by Gasteiger charge is -2.34. The molecule has 1 atom stereocenters. The molecule has 1 rings (SSSR count). The Hall–Kier alpha value is -0.610. The molecule has 0 radical (unpaired) electrons. The van der Waals surface area contributed by atoms with Crippen LogP contribution >= 0.6 is 12.4 Å². The first-order chi connectivity index (χ1) is 21.6. The van der Waals surface area contributed by atoms with Gasteiger partial charge in [-0.2, -0.15) is 0 Å². The largest absolute Gasteiger partial charge is 0.330 e. The SMILES string of the molecule is CCCCCCCCCCCCCCCCCC(=O)N1CCN=C1C(C)(CCN)CCCCCCCCCCCCCCC.Cl. The van der Waals surface area contributed by atoms with E-state index in [9.17, 15) is 4.79 Å². The lowest BCUT2D eigenvalue weighted by atomic mass is 9.79. The van der Waals surface area contributed by atoms with Crippen LogP contribution in [0.15, 0.2) is 4.99 Å². The minimum Gasteiger partial charge on any atom is -0.330 e. The number of hydrogen-bond donors (Lipinski definition) is 1. The number of amidine groups is 1. The van der Waals surface area contributed by atoms with Gasteiger partial charge in [-0.05, 0) is 25.8 Å². The number of carbonyl (C=O) groups is 1. The molecular formula is C40H80ClN3O. The molecule has 0 bridgehead atoms. The van der Waals surface area contributed by atoms with E-state index >= 15 is 0 Å². The normalized spacial score (nSPS) is 14.4. The molecule has 5 heteroatoms. The molecule has 45 heavy (non-hydrogen) atoms. The molecule has 1 heterocycles. The third-order valence-corrected chi connectivity index (χ3v) is 10.2. The van der Waals surface area contributed by atoms with E-state index in [-0.39, 0.29) is 17.8 Å². The van der Waals surface area contributed by atoms with Crippen molar-refractivity contribution in [1.82, 2.24) is 4.90 Å². The number of rotatable bonds is 33. The second-order valence-corrected chi connectivity index (χ2v) is 14.5. The smallest absolute Gasteiger partial charge is 0.227 e. The van der Waals surface area contributed by atoms with Gasteiger partial charge in [0, 0.05) is 18.4 Å². The highest BCUT2D eigenvalue weighted by atomic mass is 35.5. The van der Waals surface area contributed by atoms with Gasteiger partial charge in [-0.3, -0.25) is 14.7 Å². The molecule has 1 amide bonds. The fraction of sp³-hybridized carbons (Fsp3) is 0.950. The van der Waals surface area contributed by atoms with E-state index in [1.807, 2.05) is 4.90 Å². The quantitative estimate of drug-likeness (QED) is 0.0716. The van der Waals surface area contributed by atoms with E-state index < -0.39 is 0 Å². The van der Waals surface area contributed by atoms with Crippen LogP contribution in [0.3, 0.4) is 0 Å². The van der Waals surface area contributed by atoms with Crippen LogP contribution in [-0.4, -0.2) is 36.3 Å². The van der Waals surface area contributed by atoms with Crippen molar-refractivity contribution in [3.63, 3.8) is 0 Å². The lowest BCUT2D eigenvalue weighted by molar-refractivity contribution is -0.127. The molecule has 4 nitrogen and oxygen atoms in total. The summed E-state index contributed by atoms with van der Waals surface area (Å²) in [4.78, 5) is 20.2. The van der Waals surface area contributed by atoms with E-state index in [4.69, 9.17) is 10.7 Å². The molecule has 1 unspecified atom stereocenters. The number of unbranched alkanes of at least 4 members (excludes halogenated alkanes) is 26. The van der Waals surface area contributed by atoms with Gasteiger partial charge in [0.2, 0.25) is 5.91 Å². The summed E-state index contributed by atoms with van der Waals surface area (Å²) in [6.45, 7) is 9.09. The van der Waals surface area contributed by atoms with Crippen molar-refractivity contribution >= 4 is 24.1 Å². The third-order valence-electron chi connectivity index (χ3n) is 10.2. The molecule has 0 saturated carbocycles. The summed E-state index contributed by atoms with van der Waals surface area (Å²) in [5.74, 6) is 1.34. The lowest BCUT2D eigenvalue weighted by Crippen LogP contribution is -2.44. The van der Waals surface area contributed by atoms with Gasteiger partial charge in [0.25, 0.3) is 0 Å². The van der Waals surface area contributed by atoms with E-state index in [1.54, 1.807) is 0 Å². The Kier molecular flexibility index (Phi) is 31.5. The number of carbonyl (C=O) groups excluding carboxylic acids is 1. The predicted octanol–water partition coefficient (Wildman–Crippen LogP) is 12.7. The van der Waals surface area contributed by atoms with Crippen LogP contribution in [0, 0.1) is 5.41 Å². The molecule has 0 aliphatic carbocycles. The van der Waals surface area contributed by atoms with Gasteiger partial charge in [0.15, 0.2) is 0 Å². The van der Waals surface area contributed by atoms with Gasteiger partial charge in [0.05, 0.1) is 6.54 Å². The van der Waals surface area contributed by atoms with Crippen LogP contribution < -0.4 is 5.73 Å². The number of hydrogen-bond acceptors (Lipinski definition) is 3. The molecular weight excluding hydrogens is 574 g/mol. The Labute approximate surface area is 288 Å². The van der Waals surface area contributed by atoms with Crippen LogP contribution in [0.5, 0.6) is 0 Å². The van der Waals surface area contributed by atoms with Crippen LogP contribution in [0.1, 0.15) is 220 Å². The number of nitrogens with two attached hydrogens (primary N) is 1. The Bertz CT molecular complexity index is 684. The zero-order valence-corrected chi connectivity index (χ0v) is 31.6. The van der Waals surface area contributed by atoms with Crippen LogP contribution in [0.2, 0.25) is 0 Å². The highest BCUT2D eigenvalue weighted by Gasteiger charge is 2.37. The van der Waals surface area contributed by atoms with Crippen molar-refractivity contribution in [2.75, 3.05) is 19.6 Å². The molecule has 0 aromatic carbocycles. The molecule has 0 fully saturated rings. The van der Waals surface area contributed by atoms with Crippen molar-refractivity contribution in [3.8, 4) is 0 Å². The van der Waals surface area contributed by atoms with Crippen LogP contribution in [0.25, 0.3) is 0 Å². The van der Waals surface area contributed by atoms with Crippen LogP contribution in [0.4, 0.5) is 0 Å². The van der Waals surface area contributed by atoms with E-state index in [0.717, 1.165) is 38.2 Å². The first-order valence-electron chi connectivity index (χ1n) is 20.1. The van der Waals surface area contributed by atoms with Gasteiger partial charge in [0.1, 0.15) is 5.84 Å². The second kappa shape index (κ2) is 32.0. The van der Waals surface area contributed by atoms with Crippen molar-refractivity contribution < 1.29 is 4.79 Å². The highest BCUT2D eigenvalue weighted by molar-refractivity contribution is 6.02. The summed E-state index contributed by atoms with van der Waals surface area (Å²) in [6, 6.07) is 0. The molecule has 1 aliphatic heterocycles. The van der Waals surface area contributed by atoms with E-state index in [0.29, 0.717) is 18.9 Å². The fourth-order valence-electron chi connectivity index (χ4n) is 7.19. The summed E-state index contributed by atoms with van der Waals surface area (Å²) in [5, 5.41) is 0. The minimum absolute atomic E-state index is 0. The summed E-state index contributed by atoms with van der Waals surface area (Å²) < 4.78 is 0. The summed E-state index contributed by atoms with van der Waals surface area (Å²) >= 11 is 0. The maximum absolute atomic E-state index is 13.2. The summed E-state index contributed by atoms with van der Waals surface area (Å²) in [7, 11) is 0. The number of nitrogens with zero attached hydrogens (tertiary/aromatic N) is 2. The molecule has 0 aromatic rings. The molecule has 2 N–H and O–H groups in total. The topological polar surface area (TPSA) is 58.7 Å². The average Bonchev–Trinajstić information content (AvgIpc) is 3.53. The van der Waals surface area contributed by atoms with E-state index in [2.05, 4.69) is 20.8 Å². The summed E-state index contributed by atoms with van der Waals surface area (Å²) in [6.07, 6.45) is 40.9. The fourth-order valence-corrected chi connectivity index (χ4v) is 7.19. The predicted molar refractivity (Wildman–Crippen MR) is 203 cm³/mol. The monoisotopic (exact) mass is 654 g/mol. The van der Waals surface area contributed by atoms with Crippen molar-refractivity contribution in [3.05, 3.63) is 0 Å². The molecule has 0 spiro atoms. The Morgan fingerprint density at radius 2 is 0.956 bits per heavy atom. The maximum Gasteiger partial charge on any atom is 0.227 e. The Morgan fingerprint density at radius 3 is 1.33 bits per heavy atom. The van der Waals surface area contributed by atoms with Crippen molar-refractivity contribution in [2.24, 2.45) is 16.1 Å². The van der Waals surface area contributed by atoms with Crippen molar-refractivity contribution in [2.45, 2.75) is 220 Å². The van der Waals surface area contributed by atoms with Crippen LogP contribution in [-0.2, 0) is 4.79 Å². The number of halogens is 1. The molecule has 0 aromatic heterocycles.